The Morgan fingerprint density at radius 2 is 2.26 bits per heavy atom. The van der Waals surface area contributed by atoms with Gasteiger partial charge in [0.15, 0.2) is 11.5 Å². The predicted molar refractivity (Wildman–Crippen MR) is 88.4 cm³/mol. The van der Waals surface area contributed by atoms with Gasteiger partial charge in [-0.15, -0.1) is 0 Å². The van der Waals surface area contributed by atoms with E-state index in [1.807, 2.05) is 17.7 Å². The smallest absolute Gasteiger partial charge is 0.251 e. The van der Waals surface area contributed by atoms with Crippen LogP contribution in [-0.4, -0.2) is 35.7 Å². The number of hydrogen-bond donors (Lipinski definition) is 1. The van der Waals surface area contributed by atoms with E-state index < -0.39 is 0 Å². The van der Waals surface area contributed by atoms with Crippen LogP contribution in [0.15, 0.2) is 30.9 Å². The van der Waals surface area contributed by atoms with E-state index in [2.05, 4.69) is 10.3 Å². The molecule has 0 aliphatic rings. The molecule has 124 valence electrons. The Morgan fingerprint density at radius 1 is 1.43 bits per heavy atom. The highest BCUT2D eigenvalue weighted by molar-refractivity contribution is 6.32. The maximum atomic E-state index is 12.2. The van der Waals surface area contributed by atoms with E-state index >= 15 is 0 Å². The first kappa shape index (κ1) is 17.1. The maximum Gasteiger partial charge on any atom is 0.251 e. The normalized spacial score (nSPS) is 10.4. The average Bonchev–Trinajstić information content (AvgIpc) is 3.06. The van der Waals surface area contributed by atoms with Crippen molar-refractivity contribution in [2.45, 2.75) is 19.9 Å². The third kappa shape index (κ3) is 4.63. The number of rotatable bonds is 8. The van der Waals surface area contributed by atoms with Gasteiger partial charge in [-0.25, -0.2) is 4.98 Å². The van der Waals surface area contributed by atoms with Crippen LogP contribution in [-0.2, 0) is 6.54 Å². The Morgan fingerprint density at radius 3 is 2.91 bits per heavy atom. The summed E-state index contributed by atoms with van der Waals surface area (Å²) >= 11 is 6.17. The molecule has 0 radical (unpaired) electrons. The molecule has 0 atom stereocenters. The van der Waals surface area contributed by atoms with Crippen molar-refractivity contribution < 1.29 is 14.3 Å². The molecule has 0 aliphatic heterocycles. The second-order valence-electron chi connectivity index (χ2n) is 4.83. The largest absolute Gasteiger partial charge is 0.493 e. The van der Waals surface area contributed by atoms with Gasteiger partial charge in [0.2, 0.25) is 0 Å². The number of ether oxygens (including phenoxy) is 2. The fourth-order valence-electron chi connectivity index (χ4n) is 2.12. The molecule has 1 amide bonds. The predicted octanol–water partition coefficient (Wildman–Crippen LogP) is 2.76. The SMILES string of the molecule is CCOc1c(Cl)cc(C(=O)NCCCn2ccnc2)cc1OC. The molecule has 0 unspecified atom stereocenters. The fourth-order valence-corrected chi connectivity index (χ4v) is 2.39. The number of benzene rings is 1. The minimum Gasteiger partial charge on any atom is -0.493 e. The molecule has 23 heavy (non-hydrogen) atoms. The van der Waals surface area contributed by atoms with Gasteiger partial charge in [0.25, 0.3) is 5.91 Å². The Labute approximate surface area is 140 Å². The molecule has 6 nitrogen and oxygen atoms in total. The van der Waals surface area contributed by atoms with Crippen LogP contribution in [0.4, 0.5) is 0 Å². The van der Waals surface area contributed by atoms with Crippen molar-refractivity contribution >= 4 is 17.5 Å². The van der Waals surface area contributed by atoms with Crippen molar-refractivity contribution in [2.24, 2.45) is 0 Å². The number of carbonyl (C=O) groups is 1. The highest BCUT2D eigenvalue weighted by Crippen LogP contribution is 2.36. The number of amides is 1. The van der Waals surface area contributed by atoms with Crippen molar-refractivity contribution in [3.05, 3.63) is 41.4 Å². The van der Waals surface area contributed by atoms with Crippen molar-refractivity contribution in [3.8, 4) is 11.5 Å². The molecule has 1 heterocycles. The number of nitrogens with one attached hydrogen (secondary N) is 1. The molecule has 0 saturated heterocycles. The molecule has 1 aromatic carbocycles. The van der Waals surface area contributed by atoms with Crippen molar-refractivity contribution in [1.29, 1.82) is 0 Å². The Kier molecular flexibility index (Phi) is 6.29. The zero-order chi connectivity index (χ0) is 16.7. The summed E-state index contributed by atoms with van der Waals surface area (Å²) in [5.41, 5.74) is 0.443. The van der Waals surface area contributed by atoms with E-state index in [4.69, 9.17) is 21.1 Å². The van der Waals surface area contributed by atoms with Crippen molar-refractivity contribution in [1.82, 2.24) is 14.9 Å². The monoisotopic (exact) mass is 337 g/mol. The minimum absolute atomic E-state index is 0.195. The van der Waals surface area contributed by atoms with Gasteiger partial charge in [0.05, 0.1) is 25.1 Å². The molecule has 2 rings (SSSR count). The third-order valence-electron chi connectivity index (χ3n) is 3.22. The number of halogens is 1. The number of aryl methyl sites for hydroxylation is 1. The highest BCUT2D eigenvalue weighted by Gasteiger charge is 2.15. The molecule has 0 spiro atoms. The minimum atomic E-state index is -0.195. The molecular weight excluding hydrogens is 318 g/mol. The standard InChI is InChI=1S/C16H20ClN3O3/c1-3-23-15-13(17)9-12(10-14(15)22-2)16(21)19-5-4-7-20-8-6-18-11-20/h6,8-11H,3-5,7H2,1-2H3,(H,19,21). The molecule has 0 fully saturated rings. The van der Waals surface area contributed by atoms with E-state index in [9.17, 15) is 4.79 Å². The van der Waals surface area contributed by atoms with Crippen LogP contribution in [0.5, 0.6) is 11.5 Å². The molecule has 0 bridgehead atoms. The summed E-state index contributed by atoms with van der Waals surface area (Å²) in [5, 5.41) is 3.22. The van der Waals surface area contributed by atoms with E-state index in [-0.39, 0.29) is 5.91 Å². The fraction of sp³-hybridized carbons (Fsp3) is 0.375. The summed E-state index contributed by atoms with van der Waals surface area (Å²) in [7, 11) is 1.51. The summed E-state index contributed by atoms with van der Waals surface area (Å²) in [5.74, 6) is 0.704. The van der Waals surface area contributed by atoms with Gasteiger partial charge < -0.3 is 19.4 Å². The number of imidazole rings is 1. The van der Waals surface area contributed by atoms with Crippen LogP contribution < -0.4 is 14.8 Å². The summed E-state index contributed by atoms with van der Waals surface area (Å²) in [6.45, 7) is 3.68. The summed E-state index contributed by atoms with van der Waals surface area (Å²) < 4.78 is 12.6. The van der Waals surface area contributed by atoms with Crippen LogP contribution in [0.2, 0.25) is 5.02 Å². The van der Waals surface area contributed by atoms with Gasteiger partial charge in [-0.1, -0.05) is 11.6 Å². The summed E-state index contributed by atoms with van der Waals surface area (Å²) in [6.07, 6.45) is 6.18. The second kappa shape index (κ2) is 8.43. The zero-order valence-electron chi connectivity index (χ0n) is 13.2. The lowest BCUT2D eigenvalue weighted by Gasteiger charge is -2.13. The Bertz CT molecular complexity index is 644. The lowest BCUT2D eigenvalue weighted by Crippen LogP contribution is -2.25. The van der Waals surface area contributed by atoms with E-state index in [1.54, 1.807) is 24.7 Å². The molecule has 0 saturated carbocycles. The van der Waals surface area contributed by atoms with Gasteiger partial charge in [0, 0.05) is 31.0 Å². The van der Waals surface area contributed by atoms with Gasteiger partial charge >= 0.3 is 0 Å². The van der Waals surface area contributed by atoms with Crippen LogP contribution in [0, 0.1) is 0 Å². The average molecular weight is 338 g/mol. The van der Waals surface area contributed by atoms with E-state index in [0.29, 0.717) is 35.2 Å². The van der Waals surface area contributed by atoms with Gasteiger partial charge in [-0.3, -0.25) is 4.79 Å². The lowest BCUT2D eigenvalue weighted by atomic mass is 10.2. The first-order valence-corrected chi connectivity index (χ1v) is 7.77. The van der Waals surface area contributed by atoms with E-state index in [1.165, 1.54) is 7.11 Å². The maximum absolute atomic E-state index is 12.2. The molecule has 7 heteroatoms. The number of methoxy groups -OCH3 is 1. The quantitative estimate of drug-likeness (QED) is 0.752. The first-order valence-electron chi connectivity index (χ1n) is 7.40. The molecule has 1 N–H and O–H groups in total. The molecule has 2 aromatic rings. The third-order valence-corrected chi connectivity index (χ3v) is 3.50. The van der Waals surface area contributed by atoms with Gasteiger partial charge in [0.1, 0.15) is 0 Å². The number of nitrogens with zero attached hydrogens (tertiary/aromatic N) is 2. The number of carbonyl (C=O) groups excluding carboxylic acids is 1. The van der Waals surface area contributed by atoms with Crippen LogP contribution in [0.3, 0.4) is 0 Å². The van der Waals surface area contributed by atoms with Gasteiger partial charge in [-0.05, 0) is 25.5 Å². The van der Waals surface area contributed by atoms with Crippen LogP contribution >= 0.6 is 11.6 Å². The zero-order valence-corrected chi connectivity index (χ0v) is 14.0. The Hall–Kier alpha value is -2.21. The van der Waals surface area contributed by atoms with Gasteiger partial charge in [-0.2, -0.15) is 0 Å². The number of aromatic nitrogens is 2. The van der Waals surface area contributed by atoms with Crippen LogP contribution in [0.25, 0.3) is 0 Å². The highest BCUT2D eigenvalue weighted by atomic mass is 35.5. The van der Waals surface area contributed by atoms with E-state index in [0.717, 1.165) is 13.0 Å². The summed E-state index contributed by atoms with van der Waals surface area (Å²) in [6, 6.07) is 3.21. The number of hydrogen-bond acceptors (Lipinski definition) is 4. The molecule has 1 aromatic heterocycles. The van der Waals surface area contributed by atoms with Crippen molar-refractivity contribution in [2.75, 3.05) is 20.3 Å². The molecule has 0 aliphatic carbocycles. The first-order chi connectivity index (χ1) is 11.2. The van der Waals surface area contributed by atoms with Crippen LogP contribution in [0.1, 0.15) is 23.7 Å². The summed E-state index contributed by atoms with van der Waals surface area (Å²) in [4.78, 5) is 16.2. The van der Waals surface area contributed by atoms with Crippen molar-refractivity contribution in [3.63, 3.8) is 0 Å². The lowest BCUT2D eigenvalue weighted by molar-refractivity contribution is 0.0952. The molecular formula is C16H20ClN3O3. The topological polar surface area (TPSA) is 65.4 Å². The Balaban J connectivity index is 1.94. The second-order valence-corrected chi connectivity index (χ2v) is 5.24.